The molecule has 0 unspecified atom stereocenters. The molecule has 2 aromatic carbocycles. The number of carbonyl (C=O) groups excluding carboxylic acids is 3. The fraction of sp³-hybridized carbons (Fsp3) is 0.286. The van der Waals surface area contributed by atoms with Gasteiger partial charge >= 0.3 is 0 Å². The second-order valence-corrected chi connectivity index (χ2v) is 6.89. The van der Waals surface area contributed by atoms with Crippen molar-refractivity contribution in [3.05, 3.63) is 70.5 Å². The number of amides is 3. The van der Waals surface area contributed by atoms with Crippen LogP contribution < -0.4 is 5.32 Å². The van der Waals surface area contributed by atoms with Crippen molar-refractivity contribution in [2.24, 2.45) is 0 Å². The van der Waals surface area contributed by atoms with Crippen molar-refractivity contribution in [3.63, 3.8) is 0 Å². The zero-order chi connectivity index (χ0) is 19.7. The summed E-state index contributed by atoms with van der Waals surface area (Å²) in [4.78, 5) is 38.8. The molecule has 0 saturated carbocycles. The van der Waals surface area contributed by atoms with Crippen LogP contribution in [0.15, 0.2) is 42.5 Å². The highest BCUT2D eigenvalue weighted by Gasteiger charge is 2.37. The quantitative estimate of drug-likeness (QED) is 0.807. The van der Waals surface area contributed by atoms with Crippen LogP contribution in [0.4, 0.5) is 4.39 Å². The molecule has 1 saturated heterocycles. The van der Waals surface area contributed by atoms with Crippen LogP contribution in [0.5, 0.6) is 0 Å². The van der Waals surface area contributed by atoms with Gasteiger partial charge in [-0.1, -0.05) is 18.2 Å². The van der Waals surface area contributed by atoms with Gasteiger partial charge < -0.3 is 10.1 Å². The lowest BCUT2D eigenvalue weighted by Crippen LogP contribution is -2.36. The number of carbonyl (C=O) groups is 3. The lowest BCUT2D eigenvalue weighted by Gasteiger charge is -2.17. The zero-order valence-corrected chi connectivity index (χ0v) is 15.1. The maximum absolute atomic E-state index is 13.7. The van der Waals surface area contributed by atoms with Gasteiger partial charge in [0.2, 0.25) is 0 Å². The van der Waals surface area contributed by atoms with Gasteiger partial charge in [-0.3, -0.25) is 19.3 Å². The predicted molar refractivity (Wildman–Crippen MR) is 98.4 cm³/mol. The van der Waals surface area contributed by atoms with Gasteiger partial charge in [0.05, 0.1) is 23.8 Å². The minimum absolute atomic E-state index is 0.0284. The second-order valence-electron chi connectivity index (χ2n) is 6.89. The Kier molecular flexibility index (Phi) is 4.92. The van der Waals surface area contributed by atoms with Gasteiger partial charge in [0.25, 0.3) is 17.7 Å². The number of nitrogens with zero attached hydrogens (tertiary/aromatic N) is 1. The average Bonchev–Trinajstić information content (AvgIpc) is 3.30. The van der Waals surface area contributed by atoms with Crippen molar-refractivity contribution < 1.29 is 23.5 Å². The van der Waals surface area contributed by atoms with E-state index >= 15 is 0 Å². The Balaban J connectivity index is 1.48. The Morgan fingerprint density at radius 3 is 2.68 bits per heavy atom. The third-order valence-corrected chi connectivity index (χ3v) is 5.04. The Bertz CT molecular complexity index is 953. The van der Waals surface area contributed by atoms with Gasteiger partial charge in [-0.15, -0.1) is 0 Å². The largest absolute Gasteiger partial charge is 0.376 e. The molecule has 0 aromatic heterocycles. The third-order valence-electron chi connectivity index (χ3n) is 5.04. The second kappa shape index (κ2) is 7.52. The molecule has 4 rings (SSSR count). The first kappa shape index (κ1) is 18.3. The predicted octanol–water partition coefficient (Wildman–Crippen LogP) is 2.53. The summed E-state index contributed by atoms with van der Waals surface area (Å²) in [6, 6.07) is 10.6. The van der Waals surface area contributed by atoms with E-state index in [9.17, 15) is 18.8 Å². The van der Waals surface area contributed by atoms with E-state index in [1.165, 1.54) is 29.2 Å². The van der Waals surface area contributed by atoms with Crippen LogP contribution in [-0.2, 0) is 11.3 Å². The summed E-state index contributed by atoms with van der Waals surface area (Å²) in [5.74, 6) is -1.63. The molecular weight excluding hydrogens is 363 g/mol. The topological polar surface area (TPSA) is 75.7 Å². The van der Waals surface area contributed by atoms with E-state index in [0.29, 0.717) is 12.2 Å². The maximum Gasteiger partial charge on any atom is 0.261 e. The summed E-state index contributed by atoms with van der Waals surface area (Å²) in [5.41, 5.74) is 1.11. The van der Waals surface area contributed by atoms with E-state index in [1.54, 1.807) is 18.2 Å². The van der Waals surface area contributed by atoms with Crippen LogP contribution in [0.1, 0.15) is 49.5 Å². The van der Waals surface area contributed by atoms with Crippen LogP contribution >= 0.6 is 0 Å². The SMILES string of the molecule is O=C(NCc1ccccc1F)c1ccc2c(c1)C(=O)N(C[C@@H]1CCCO1)C2=O. The number of rotatable bonds is 5. The fourth-order valence-electron chi connectivity index (χ4n) is 3.51. The van der Waals surface area contributed by atoms with E-state index in [-0.39, 0.29) is 41.8 Å². The summed E-state index contributed by atoms with van der Waals surface area (Å²) in [7, 11) is 0. The summed E-state index contributed by atoms with van der Waals surface area (Å²) < 4.78 is 19.2. The molecule has 0 spiro atoms. The molecule has 7 heteroatoms. The van der Waals surface area contributed by atoms with E-state index < -0.39 is 17.6 Å². The molecule has 2 aliphatic rings. The Morgan fingerprint density at radius 1 is 1.14 bits per heavy atom. The van der Waals surface area contributed by atoms with Gasteiger partial charge in [0.15, 0.2) is 0 Å². The summed E-state index contributed by atoms with van der Waals surface area (Å²) in [6.45, 7) is 0.891. The molecule has 1 atom stereocenters. The van der Waals surface area contributed by atoms with Gasteiger partial charge in [0, 0.05) is 24.3 Å². The number of halogens is 1. The molecule has 1 fully saturated rings. The normalized spacial score (nSPS) is 18.5. The maximum atomic E-state index is 13.7. The monoisotopic (exact) mass is 382 g/mol. The number of imide groups is 1. The number of hydrogen-bond donors (Lipinski definition) is 1. The van der Waals surface area contributed by atoms with Gasteiger partial charge in [-0.2, -0.15) is 0 Å². The first-order chi connectivity index (χ1) is 13.5. The molecule has 1 N–H and O–H groups in total. The van der Waals surface area contributed by atoms with Gasteiger partial charge in [-0.05, 0) is 37.1 Å². The number of hydrogen-bond acceptors (Lipinski definition) is 4. The van der Waals surface area contributed by atoms with Crippen molar-refractivity contribution in [3.8, 4) is 0 Å². The highest BCUT2D eigenvalue weighted by molar-refractivity contribution is 6.22. The molecule has 2 heterocycles. The molecule has 6 nitrogen and oxygen atoms in total. The summed E-state index contributed by atoms with van der Waals surface area (Å²) in [5, 5.41) is 2.63. The first-order valence-electron chi connectivity index (χ1n) is 9.18. The molecule has 0 radical (unpaired) electrons. The smallest absolute Gasteiger partial charge is 0.261 e. The lowest BCUT2D eigenvalue weighted by atomic mass is 10.1. The molecule has 144 valence electrons. The molecule has 3 amide bonds. The van der Waals surface area contributed by atoms with Crippen LogP contribution in [-0.4, -0.2) is 41.9 Å². The zero-order valence-electron chi connectivity index (χ0n) is 15.1. The standard InChI is InChI=1S/C21H19FN2O4/c22-18-6-2-1-4-14(18)11-23-19(25)13-7-8-16-17(10-13)21(27)24(20(16)26)12-15-5-3-9-28-15/h1-2,4,6-8,10,15H,3,5,9,11-12H2,(H,23,25)/t15-/m0/s1. The third kappa shape index (κ3) is 3.41. The summed E-state index contributed by atoms with van der Waals surface area (Å²) in [6.07, 6.45) is 1.60. The minimum atomic E-state index is -0.441. The number of fused-ring (bicyclic) bond motifs is 1. The van der Waals surface area contributed by atoms with E-state index in [4.69, 9.17) is 4.74 Å². The van der Waals surface area contributed by atoms with E-state index in [0.717, 1.165) is 12.8 Å². The van der Waals surface area contributed by atoms with E-state index in [2.05, 4.69) is 5.32 Å². The highest BCUT2D eigenvalue weighted by atomic mass is 19.1. The molecule has 28 heavy (non-hydrogen) atoms. The summed E-state index contributed by atoms with van der Waals surface area (Å²) >= 11 is 0. The number of ether oxygens (including phenoxy) is 1. The minimum Gasteiger partial charge on any atom is -0.376 e. The van der Waals surface area contributed by atoms with Crippen molar-refractivity contribution >= 4 is 17.7 Å². The number of nitrogens with one attached hydrogen (secondary N) is 1. The fourth-order valence-corrected chi connectivity index (χ4v) is 3.51. The molecule has 2 aliphatic heterocycles. The van der Waals surface area contributed by atoms with Crippen molar-refractivity contribution in [1.82, 2.24) is 10.2 Å². The van der Waals surface area contributed by atoms with Crippen LogP contribution in [0.25, 0.3) is 0 Å². The van der Waals surface area contributed by atoms with Gasteiger partial charge in [-0.25, -0.2) is 4.39 Å². The first-order valence-corrected chi connectivity index (χ1v) is 9.18. The highest BCUT2D eigenvalue weighted by Crippen LogP contribution is 2.26. The van der Waals surface area contributed by atoms with Crippen LogP contribution in [0, 0.1) is 5.82 Å². The molecule has 0 bridgehead atoms. The Morgan fingerprint density at radius 2 is 1.93 bits per heavy atom. The van der Waals surface area contributed by atoms with Crippen LogP contribution in [0.2, 0.25) is 0 Å². The van der Waals surface area contributed by atoms with Crippen molar-refractivity contribution in [2.45, 2.75) is 25.5 Å². The average molecular weight is 382 g/mol. The Labute approximate surface area is 161 Å². The van der Waals surface area contributed by atoms with Crippen LogP contribution in [0.3, 0.4) is 0 Å². The lowest BCUT2D eigenvalue weighted by molar-refractivity contribution is 0.0475. The van der Waals surface area contributed by atoms with E-state index in [1.807, 2.05) is 0 Å². The molecule has 2 aromatic rings. The molecular formula is C21H19FN2O4. The van der Waals surface area contributed by atoms with Crippen molar-refractivity contribution in [1.29, 1.82) is 0 Å². The van der Waals surface area contributed by atoms with Gasteiger partial charge in [0.1, 0.15) is 5.82 Å². The Hall–Kier alpha value is -3.06. The molecule has 0 aliphatic carbocycles. The number of benzene rings is 2. The van der Waals surface area contributed by atoms with Crippen molar-refractivity contribution in [2.75, 3.05) is 13.2 Å².